The Labute approximate surface area is 157 Å². The lowest BCUT2D eigenvalue weighted by atomic mass is 10.1. The van der Waals surface area contributed by atoms with Crippen LogP contribution in [-0.2, 0) is 4.79 Å². The number of benzene rings is 2. The molecular formula is C17H13Cl2FN2O2S. The van der Waals surface area contributed by atoms with Gasteiger partial charge in [-0.2, -0.15) is 0 Å². The van der Waals surface area contributed by atoms with Crippen LogP contribution in [0, 0.1) is 5.82 Å². The lowest BCUT2D eigenvalue weighted by molar-refractivity contribution is -0.119. The molecule has 25 heavy (non-hydrogen) atoms. The molecule has 2 aromatic carbocycles. The Morgan fingerprint density at radius 1 is 1.32 bits per heavy atom. The van der Waals surface area contributed by atoms with Gasteiger partial charge in [-0.1, -0.05) is 47.1 Å². The minimum atomic E-state index is -0.581. The number of carbonyl (C=O) groups excluding carboxylic acids is 1. The molecule has 0 aliphatic carbocycles. The third-order valence-corrected chi connectivity index (χ3v) is 4.93. The first-order chi connectivity index (χ1) is 11.9. The number of fused-ring (bicyclic) bond motifs is 1. The second-order valence-electron chi connectivity index (χ2n) is 5.31. The highest BCUT2D eigenvalue weighted by molar-refractivity contribution is 7.99. The van der Waals surface area contributed by atoms with Crippen molar-refractivity contribution in [2.45, 2.75) is 18.2 Å². The maximum atomic E-state index is 13.6. The first kappa shape index (κ1) is 18.0. The summed E-state index contributed by atoms with van der Waals surface area (Å²) >= 11 is 12.9. The van der Waals surface area contributed by atoms with E-state index in [1.54, 1.807) is 6.92 Å². The normalized spacial score (nSPS) is 12.3. The van der Waals surface area contributed by atoms with Gasteiger partial charge in [0.1, 0.15) is 11.3 Å². The number of oxazole rings is 1. The minimum absolute atomic E-state index is 0.0567. The zero-order valence-electron chi connectivity index (χ0n) is 13.1. The molecule has 3 rings (SSSR count). The van der Waals surface area contributed by atoms with Gasteiger partial charge in [-0.15, -0.1) is 0 Å². The van der Waals surface area contributed by atoms with Crippen molar-refractivity contribution in [3.05, 3.63) is 57.8 Å². The molecule has 130 valence electrons. The SMILES string of the molecule is C[C@H](NC(=O)CSc1nc2ccccc2o1)c1cc(F)c(Cl)cc1Cl. The molecule has 4 nitrogen and oxygen atoms in total. The minimum Gasteiger partial charge on any atom is -0.431 e. The van der Waals surface area contributed by atoms with Crippen LogP contribution in [0.2, 0.25) is 10.0 Å². The fourth-order valence-electron chi connectivity index (χ4n) is 2.27. The number of nitrogens with one attached hydrogen (secondary N) is 1. The van der Waals surface area contributed by atoms with Crippen LogP contribution >= 0.6 is 35.0 Å². The van der Waals surface area contributed by atoms with Crippen molar-refractivity contribution >= 4 is 52.0 Å². The van der Waals surface area contributed by atoms with Gasteiger partial charge in [-0.25, -0.2) is 9.37 Å². The number of nitrogens with zero attached hydrogens (tertiary/aromatic N) is 1. The van der Waals surface area contributed by atoms with Crippen molar-refractivity contribution in [1.29, 1.82) is 0 Å². The predicted molar refractivity (Wildman–Crippen MR) is 97.7 cm³/mol. The van der Waals surface area contributed by atoms with Gasteiger partial charge in [0.2, 0.25) is 5.91 Å². The molecule has 0 spiro atoms. The number of halogens is 3. The van der Waals surface area contributed by atoms with Crippen LogP contribution in [0.4, 0.5) is 4.39 Å². The van der Waals surface area contributed by atoms with Gasteiger partial charge in [0, 0.05) is 5.02 Å². The topological polar surface area (TPSA) is 55.1 Å². The highest BCUT2D eigenvalue weighted by Crippen LogP contribution is 2.29. The third-order valence-electron chi connectivity index (χ3n) is 3.48. The van der Waals surface area contributed by atoms with E-state index in [1.807, 2.05) is 24.3 Å². The molecule has 3 aromatic rings. The summed E-state index contributed by atoms with van der Waals surface area (Å²) < 4.78 is 19.1. The van der Waals surface area contributed by atoms with Crippen molar-refractivity contribution < 1.29 is 13.6 Å². The van der Waals surface area contributed by atoms with E-state index in [-0.39, 0.29) is 16.7 Å². The van der Waals surface area contributed by atoms with E-state index in [0.29, 0.717) is 21.4 Å². The zero-order valence-corrected chi connectivity index (χ0v) is 15.4. The number of rotatable bonds is 5. The van der Waals surface area contributed by atoms with Gasteiger partial charge in [0.25, 0.3) is 5.22 Å². The molecule has 1 heterocycles. The van der Waals surface area contributed by atoms with Crippen molar-refractivity contribution in [1.82, 2.24) is 10.3 Å². The summed E-state index contributed by atoms with van der Waals surface area (Å²) in [7, 11) is 0. The summed E-state index contributed by atoms with van der Waals surface area (Å²) in [6.45, 7) is 1.72. The van der Waals surface area contributed by atoms with Gasteiger partial charge in [-0.05, 0) is 36.8 Å². The zero-order chi connectivity index (χ0) is 18.0. The Balaban J connectivity index is 1.61. The molecule has 0 bridgehead atoms. The Morgan fingerprint density at radius 2 is 2.08 bits per heavy atom. The van der Waals surface area contributed by atoms with E-state index >= 15 is 0 Å². The van der Waals surface area contributed by atoms with Gasteiger partial charge >= 0.3 is 0 Å². The number of carbonyl (C=O) groups is 1. The Hall–Kier alpha value is -1.76. The smallest absolute Gasteiger partial charge is 0.257 e. The highest BCUT2D eigenvalue weighted by Gasteiger charge is 2.16. The van der Waals surface area contributed by atoms with Crippen molar-refractivity contribution in [3.8, 4) is 0 Å². The molecule has 0 saturated carbocycles. The molecule has 0 unspecified atom stereocenters. The molecule has 0 aliphatic heterocycles. The van der Waals surface area contributed by atoms with Crippen LogP contribution in [0.5, 0.6) is 0 Å². The standard InChI is InChI=1S/C17H13Cl2FN2O2S/c1-9(10-6-13(20)12(19)7-11(10)18)21-16(23)8-25-17-22-14-4-2-3-5-15(14)24-17/h2-7,9H,8H2,1H3,(H,21,23)/t9-/m0/s1. The summed E-state index contributed by atoms with van der Waals surface area (Å²) in [4.78, 5) is 16.4. The number of hydrogen-bond acceptors (Lipinski definition) is 4. The molecule has 0 aliphatic rings. The summed E-state index contributed by atoms with van der Waals surface area (Å²) in [6.07, 6.45) is 0. The van der Waals surface area contributed by atoms with E-state index in [9.17, 15) is 9.18 Å². The Bertz CT molecular complexity index is 899. The predicted octanol–water partition coefficient (Wildman–Crippen LogP) is 5.24. The monoisotopic (exact) mass is 398 g/mol. The van der Waals surface area contributed by atoms with Crippen molar-refractivity contribution in [2.75, 3.05) is 5.75 Å². The van der Waals surface area contributed by atoms with E-state index in [1.165, 1.54) is 23.9 Å². The van der Waals surface area contributed by atoms with Crippen LogP contribution in [0.3, 0.4) is 0 Å². The molecule has 1 N–H and O–H groups in total. The molecule has 0 radical (unpaired) electrons. The van der Waals surface area contributed by atoms with Crippen molar-refractivity contribution in [2.24, 2.45) is 0 Å². The fraction of sp³-hybridized carbons (Fsp3) is 0.176. The van der Waals surface area contributed by atoms with E-state index < -0.39 is 11.9 Å². The van der Waals surface area contributed by atoms with Crippen LogP contribution in [-0.4, -0.2) is 16.6 Å². The summed E-state index contributed by atoms with van der Waals surface area (Å²) in [5, 5.41) is 3.42. The molecule has 0 saturated heterocycles. The number of thioether (sulfide) groups is 1. The van der Waals surface area contributed by atoms with Crippen LogP contribution in [0.1, 0.15) is 18.5 Å². The third kappa shape index (κ3) is 4.26. The average Bonchev–Trinajstić information content (AvgIpc) is 2.99. The summed E-state index contributed by atoms with van der Waals surface area (Å²) in [5.74, 6) is -0.709. The maximum Gasteiger partial charge on any atom is 0.257 e. The Morgan fingerprint density at radius 3 is 2.84 bits per heavy atom. The van der Waals surface area contributed by atoms with E-state index in [4.69, 9.17) is 27.6 Å². The molecule has 1 amide bonds. The van der Waals surface area contributed by atoms with Gasteiger partial charge in [0.15, 0.2) is 5.58 Å². The van der Waals surface area contributed by atoms with Crippen LogP contribution < -0.4 is 5.32 Å². The maximum absolute atomic E-state index is 13.6. The largest absolute Gasteiger partial charge is 0.431 e. The lowest BCUT2D eigenvalue weighted by Gasteiger charge is -2.16. The van der Waals surface area contributed by atoms with Gasteiger partial charge in [-0.3, -0.25) is 4.79 Å². The van der Waals surface area contributed by atoms with Crippen LogP contribution in [0.15, 0.2) is 46.0 Å². The number of aromatic nitrogens is 1. The van der Waals surface area contributed by atoms with Gasteiger partial charge < -0.3 is 9.73 Å². The second kappa shape index (κ2) is 7.64. The number of para-hydroxylation sites is 2. The quantitative estimate of drug-likeness (QED) is 0.471. The molecule has 1 aromatic heterocycles. The molecular weight excluding hydrogens is 386 g/mol. The second-order valence-corrected chi connectivity index (χ2v) is 7.05. The number of hydrogen-bond donors (Lipinski definition) is 1. The van der Waals surface area contributed by atoms with Crippen molar-refractivity contribution in [3.63, 3.8) is 0 Å². The fourth-order valence-corrected chi connectivity index (χ4v) is 3.47. The molecule has 0 fully saturated rings. The summed E-state index contributed by atoms with van der Waals surface area (Å²) in [5.41, 5.74) is 1.87. The molecule has 1 atom stereocenters. The van der Waals surface area contributed by atoms with E-state index in [0.717, 1.165) is 5.52 Å². The number of amides is 1. The van der Waals surface area contributed by atoms with Gasteiger partial charge in [0.05, 0.1) is 16.8 Å². The lowest BCUT2D eigenvalue weighted by Crippen LogP contribution is -2.28. The Kier molecular flexibility index (Phi) is 5.51. The first-order valence-electron chi connectivity index (χ1n) is 7.36. The van der Waals surface area contributed by atoms with Crippen LogP contribution in [0.25, 0.3) is 11.1 Å². The first-order valence-corrected chi connectivity index (χ1v) is 9.10. The molecule has 8 heteroatoms. The summed E-state index contributed by atoms with van der Waals surface area (Å²) in [6, 6.07) is 9.45. The van der Waals surface area contributed by atoms with E-state index in [2.05, 4.69) is 10.3 Å². The highest BCUT2D eigenvalue weighted by atomic mass is 35.5. The average molecular weight is 399 g/mol.